The number of rotatable bonds is 5. The molecule has 0 aromatic carbocycles. The van der Waals surface area contributed by atoms with Gasteiger partial charge >= 0.3 is 0 Å². The molecule has 0 radical (unpaired) electrons. The fourth-order valence-corrected chi connectivity index (χ4v) is 6.37. The van der Waals surface area contributed by atoms with Gasteiger partial charge in [0.1, 0.15) is 0 Å². The highest BCUT2D eigenvalue weighted by Crippen LogP contribution is 2.51. The number of ether oxygens (including phenoxy) is 1. The van der Waals surface area contributed by atoms with Crippen molar-refractivity contribution >= 4 is 15.8 Å². The van der Waals surface area contributed by atoms with Crippen molar-refractivity contribution in [3.05, 3.63) is 0 Å². The van der Waals surface area contributed by atoms with Crippen LogP contribution >= 0.6 is 0 Å². The van der Waals surface area contributed by atoms with Crippen LogP contribution in [0.5, 0.6) is 0 Å². The molecule has 6 nitrogen and oxygen atoms in total. The van der Waals surface area contributed by atoms with Crippen molar-refractivity contribution in [3.63, 3.8) is 0 Å². The normalized spacial score (nSPS) is 36.7. The first-order valence-electron chi connectivity index (χ1n) is 9.98. The highest BCUT2D eigenvalue weighted by Gasteiger charge is 2.58. The Kier molecular flexibility index (Phi) is 5.60. The quantitative estimate of drug-likeness (QED) is 0.560. The average Bonchev–Trinajstić information content (AvgIpc) is 3.20. The third-order valence-corrected chi connectivity index (χ3v) is 8.96. The number of nitrogens with zero attached hydrogens (tertiary/aromatic N) is 1. The SMILES string of the molecule is COC1(C)CC(NC(=NCC2CCS(=O)(=O)C2)NC2CCCC2)C1(C)C. The zero-order valence-electron chi connectivity index (χ0n) is 16.7. The summed E-state index contributed by atoms with van der Waals surface area (Å²) in [6.45, 7) is 7.20. The van der Waals surface area contributed by atoms with Gasteiger partial charge in [-0.2, -0.15) is 0 Å². The van der Waals surface area contributed by atoms with Crippen molar-refractivity contribution in [2.45, 2.75) is 77.0 Å². The van der Waals surface area contributed by atoms with E-state index in [2.05, 4.69) is 31.4 Å². The number of methoxy groups -OCH3 is 1. The van der Waals surface area contributed by atoms with Crippen LogP contribution in [0.4, 0.5) is 0 Å². The smallest absolute Gasteiger partial charge is 0.191 e. The van der Waals surface area contributed by atoms with E-state index in [1.807, 2.05) is 0 Å². The lowest BCUT2D eigenvalue weighted by Gasteiger charge is -2.59. The second kappa shape index (κ2) is 7.30. The molecule has 3 atom stereocenters. The molecule has 1 heterocycles. The lowest BCUT2D eigenvalue weighted by Crippen LogP contribution is -2.69. The summed E-state index contributed by atoms with van der Waals surface area (Å²) in [7, 11) is -1.06. The Hall–Kier alpha value is -0.820. The molecule has 1 saturated heterocycles. The molecule has 0 bridgehead atoms. The predicted molar refractivity (Wildman–Crippen MR) is 105 cm³/mol. The number of hydrogen-bond acceptors (Lipinski definition) is 4. The first-order valence-corrected chi connectivity index (χ1v) is 11.8. The minimum atomic E-state index is -2.85. The van der Waals surface area contributed by atoms with Crippen molar-refractivity contribution < 1.29 is 13.2 Å². The maximum atomic E-state index is 11.7. The van der Waals surface area contributed by atoms with Crippen LogP contribution < -0.4 is 10.6 Å². The molecule has 0 aromatic rings. The van der Waals surface area contributed by atoms with Crippen molar-refractivity contribution in [3.8, 4) is 0 Å². The third kappa shape index (κ3) is 4.03. The van der Waals surface area contributed by atoms with Crippen molar-refractivity contribution in [2.75, 3.05) is 25.2 Å². The minimum Gasteiger partial charge on any atom is -0.378 e. The van der Waals surface area contributed by atoms with Gasteiger partial charge < -0.3 is 15.4 Å². The van der Waals surface area contributed by atoms with Crippen LogP contribution in [0.2, 0.25) is 0 Å². The van der Waals surface area contributed by atoms with Gasteiger partial charge in [0.05, 0.1) is 17.1 Å². The van der Waals surface area contributed by atoms with Crippen LogP contribution in [0.1, 0.15) is 59.3 Å². The van der Waals surface area contributed by atoms with E-state index < -0.39 is 9.84 Å². The van der Waals surface area contributed by atoms with E-state index in [1.165, 1.54) is 25.7 Å². The van der Waals surface area contributed by atoms with Gasteiger partial charge in [-0.3, -0.25) is 4.99 Å². The molecular weight excluding hydrogens is 350 g/mol. The summed E-state index contributed by atoms with van der Waals surface area (Å²) in [5, 5.41) is 7.21. The molecular formula is C19H35N3O3S. The van der Waals surface area contributed by atoms with Crippen LogP contribution in [-0.4, -0.2) is 57.2 Å². The molecule has 3 unspecified atom stereocenters. The van der Waals surface area contributed by atoms with Crippen molar-refractivity contribution in [1.82, 2.24) is 10.6 Å². The number of nitrogens with one attached hydrogen (secondary N) is 2. The van der Waals surface area contributed by atoms with E-state index in [1.54, 1.807) is 7.11 Å². The molecule has 3 fully saturated rings. The summed E-state index contributed by atoms with van der Waals surface area (Å²) in [5.74, 6) is 1.59. The number of sulfone groups is 1. The lowest BCUT2D eigenvalue weighted by molar-refractivity contribution is -0.176. The fourth-order valence-electron chi connectivity index (χ4n) is 4.52. The van der Waals surface area contributed by atoms with Gasteiger partial charge in [0.15, 0.2) is 15.8 Å². The van der Waals surface area contributed by atoms with Crippen molar-refractivity contribution in [1.29, 1.82) is 0 Å². The van der Waals surface area contributed by atoms with Crippen LogP contribution in [0, 0.1) is 11.3 Å². The summed E-state index contributed by atoms with van der Waals surface area (Å²) in [4.78, 5) is 4.78. The van der Waals surface area contributed by atoms with Gasteiger partial charge in [-0.25, -0.2) is 8.42 Å². The Morgan fingerprint density at radius 1 is 1.15 bits per heavy atom. The summed E-state index contributed by atoms with van der Waals surface area (Å²) < 4.78 is 29.1. The molecule has 0 spiro atoms. The van der Waals surface area contributed by atoms with E-state index in [0.717, 1.165) is 18.8 Å². The molecule has 3 aliphatic rings. The molecule has 2 saturated carbocycles. The van der Waals surface area contributed by atoms with Gasteiger partial charge in [0.25, 0.3) is 0 Å². The van der Waals surface area contributed by atoms with E-state index in [9.17, 15) is 8.42 Å². The zero-order chi connectivity index (χ0) is 19.0. The maximum Gasteiger partial charge on any atom is 0.191 e. The zero-order valence-corrected chi connectivity index (χ0v) is 17.5. The Balaban J connectivity index is 1.64. The van der Waals surface area contributed by atoms with Gasteiger partial charge in [0, 0.05) is 31.2 Å². The largest absolute Gasteiger partial charge is 0.378 e. The molecule has 2 aliphatic carbocycles. The van der Waals surface area contributed by atoms with Gasteiger partial charge in [-0.1, -0.05) is 26.7 Å². The highest BCUT2D eigenvalue weighted by atomic mass is 32.2. The summed E-state index contributed by atoms with van der Waals surface area (Å²) >= 11 is 0. The fraction of sp³-hybridized carbons (Fsp3) is 0.947. The highest BCUT2D eigenvalue weighted by molar-refractivity contribution is 7.91. The molecule has 7 heteroatoms. The molecule has 150 valence electrons. The number of guanidine groups is 1. The second-order valence-corrected chi connectivity index (χ2v) is 11.4. The van der Waals surface area contributed by atoms with Gasteiger partial charge in [-0.15, -0.1) is 0 Å². The lowest BCUT2D eigenvalue weighted by atomic mass is 9.56. The van der Waals surface area contributed by atoms with Gasteiger partial charge in [0.2, 0.25) is 0 Å². The van der Waals surface area contributed by atoms with E-state index in [0.29, 0.717) is 24.4 Å². The van der Waals surface area contributed by atoms with Crippen LogP contribution in [-0.2, 0) is 14.6 Å². The Morgan fingerprint density at radius 3 is 2.38 bits per heavy atom. The minimum absolute atomic E-state index is 0.0105. The summed E-state index contributed by atoms with van der Waals surface area (Å²) in [5.41, 5.74) is -0.112. The molecule has 1 aliphatic heterocycles. The first-order chi connectivity index (χ1) is 12.2. The average molecular weight is 386 g/mol. The van der Waals surface area contributed by atoms with E-state index >= 15 is 0 Å². The van der Waals surface area contributed by atoms with Gasteiger partial charge in [-0.05, 0) is 38.5 Å². The molecule has 0 amide bonds. The standard InChI is InChI=1S/C19H35N3O3S/c1-18(2)16(11-19(18,3)25-4)22-17(21-15-7-5-6-8-15)20-12-14-9-10-26(23,24)13-14/h14-16H,5-13H2,1-4H3,(H2,20,21,22). The Bertz CT molecular complexity index is 640. The Morgan fingerprint density at radius 2 is 1.85 bits per heavy atom. The number of hydrogen-bond donors (Lipinski definition) is 2. The summed E-state index contributed by atoms with van der Waals surface area (Å²) in [6, 6.07) is 0.776. The summed E-state index contributed by atoms with van der Waals surface area (Å²) in [6.07, 6.45) is 6.58. The third-order valence-electron chi connectivity index (χ3n) is 7.12. The molecule has 0 aromatic heterocycles. The molecule has 2 N–H and O–H groups in total. The van der Waals surface area contributed by atoms with Crippen LogP contribution in [0.3, 0.4) is 0 Å². The molecule has 3 rings (SSSR count). The van der Waals surface area contributed by atoms with Crippen LogP contribution in [0.25, 0.3) is 0 Å². The van der Waals surface area contributed by atoms with Crippen molar-refractivity contribution in [2.24, 2.45) is 16.3 Å². The second-order valence-electron chi connectivity index (χ2n) is 9.14. The topological polar surface area (TPSA) is 79.8 Å². The maximum absolute atomic E-state index is 11.7. The van der Waals surface area contributed by atoms with E-state index in [4.69, 9.17) is 9.73 Å². The van der Waals surface area contributed by atoms with Crippen LogP contribution in [0.15, 0.2) is 4.99 Å². The first kappa shape index (κ1) is 19.9. The predicted octanol–water partition coefficient (Wildman–Crippen LogP) is 2.10. The molecule has 26 heavy (non-hydrogen) atoms. The Labute approximate surface area is 158 Å². The van der Waals surface area contributed by atoms with E-state index in [-0.39, 0.29) is 22.7 Å². The number of aliphatic imine (C=N–C) groups is 1. The monoisotopic (exact) mass is 385 g/mol.